The smallest absolute Gasteiger partial charge is 0.276 e. The lowest BCUT2D eigenvalue weighted by Gasteiger charge is -1.98. The molecule has 5 heteroatoms. The number of aromatic nitrogens is 2. The Balaban J connectivity index is 1.90. The highest BCUT2D eigenvalue weighted by molar-refractivity contribution is 7.98. The van der Waals surface area contributed by atoms with Gasteiger partial charge in [-0.1, -0.05) is 35.7 Å². The van der Waals surface area contributed by atoms with Gasteiger partial charge in [0, 0.05) is 24.7 Å². The van der Waals surface area contributed by atoms with Crippen LogP contribution >= 0.6 is 11.8 Å². The fraction of sp³-hybridized carbons (Fsp3) is 0.286. The Morgan fingerprint density at radius 1 is 1.26 bits per heavy atom. The summed E-state index contributed by atoms with van der Waals surface area (Å²) >= 11 is 1.51. The molecule has 2 aromatic rings. The Morgan fingerprint density at radius 3 is 2.68 bits per heavy atom. The molecule has 19 heavy (non-hydrogen) atoms. The summed E-state index contributed by atoms with van der Waals surface area (Å²) < 4.78 is 5.29. The van der Waals surface area contributed by atoms with E-state index in [1.807, 2.05) is 24.3 Å². The number of rotatable bonds is 4. The minimum atomic E-state index is 0.103. The fourth-order valence-electron chi connectivity index (χ4n) is 1.39. The van der Waals surface area contributed by atoms with Crippen LogP contribution in [0.3, 0.4) is 0 Å². The van der Waals surface area contributed by atoms with Crippen LogP contribution in [-0.4, -0.2) is 21.9 Å². The largest absolute Gasteiger partial charge is 0.416 e. The van der Waals surface area contributed by atoms with Crippen molar-refractivity contribution in [1.29, 1.82) is 0 Å². The van der Waals surface area contributed by atoms with Gasteiger partial charge in [-0.25, -0.2) is 0 Å². The summed E-state index contributed by atoms with van der Waals surface area (Å²) in [7, 11) is 0. The second-order valence-electron chi connectivity index (χ2n) is 3.85. The van der Waals surface area contributed by atoms with E-state index in [9.17, 15) is 0 Å². The molecule has 0 aliphatic rings. The van der Waals surface area contributed by atoms with Gasteiger partial charge >= 0.3 is 0 Å². The maximum absolute atomic E-state index is 8.64. The summed E-state index contributed by atoms with van der Waals surface area (Å²) in [6.07, 6.45) is 0.508. The Kier molecular flexibility index (Phi) is 5.01. The Morgan fingerprint density at radius 2 is 2.05 bits per heavy atom. The molecule has 0 unspecified atom stereocenters. The molecule has 0 spiro atoms. The number of aryl methyl sites for hydroxylation is 1. The van der Waals surface area contributed by atoms with Crippen molar-refractivity contribution in [2.45, 2.75) is 24.3 Å². The summed E-state index contributed by atoms with van der Waals surface area (Å²) in [5, 5.41) is 16.9. The number of benzene rings is 1. The van der Waals surface area contributed by atoms with Gasteiger partial charge in [-0.2, -0.15) is 0 Å². The number of hydrogen-bond acceptors (Lipinski definition) is 5. The monoisotopic (exact) mass is 274 g/mol. The van der Waals surface area contributed by atoms with Crippen LogP contribution in [0.25, 0.3) is 0 Å². The van der Waals surface area contributed by atoms with Crippen molar-refractivity contribution in [3.63, 3.8) is 0 Å². The molecule has 0 fully saturated rings. The molecule has 0 saturated heterocycles. The highest BCUT2D eigenvalue weighted by Gasteiger charge is 2.03. The van der Waals surface area contributed by atoms with Crippen LogP contribution in [0.2, 0.25) is 0 Å². The quantitative estimate of drug-likeness (QED) is 0.685. The van der Waals surface area contributed by atoms with Crippen molar-refractivity contribution in [2.24, 2.45) is 0 Å². The highest BCUT2D eigenvalue weighted by Crippen LogP contribution is 2.21. The van der Waals surface area contributed by atoms with Crippen LogP contribution in [0.5, 0.6) is 0 Å². The third kappa shape index (κ3) is 4.43. The number of nitrogens with zero attached hydrogens (tertiary/aromatic N) is 2. The molecule has 0 bridgehead atoms. The first-order valence-electron chi connectivity index (χ1n) is 5.89. The molecular weight excluding hydrogens is 260 g/mol. The zero-order valence-electron chi connectivity index (χ0n) is 10.6. The normalized spacial score (nSPS) is 10.0. The van der Waals surface area contributed by atoms with Crippen molar-refractivity contribution >= 4 is 11.8 Å². The van der Waals surface area contributed by atoms with E-state index in [-0.39, 0.29) is 6.61 Å². The fourth-order valence-corrected chi connectivity index (χ4v) is 2.15. The lowest BCUT2D eigenvalue weighted by molar-refractivity contribution is 0.305. The lowest BCUT2D eigenvalue weighted by atomic mass is 10.1. The van der Waals surface area contributed by atoms with Gasteiger partial charge < -0.3 is 9.52 Å². The standard InChI is InChI=1S/C14H14N2O2S/c1-11-15-16-14(18-11)19-10-13-7-5-12(6-8-13)4-2-3-9-17/h5-8,17H,3,9-10H2,1H3. The van der Waals surface area contributed by atoms with Gasteiger partial charge in [0.05, 0.1) is 6.61 Å². The van der Waals surface area contributed by atoms with E-state index in [2.05, 4.69) is 22.0 Å². The zero-order chi connectivity index (χ0) is 13.5. The first kappa shape index (κ1) is 13.7. The van der Waals surface area contributed by atoms with E-state index >= 15 is 0 Å². The average molecular weight is 274 g/mol. The number of hydrogen-bond donors (Lipinski definition) is 1. The van der Waals surface area contributed by atoms with E-state index in [0.29, 0.717) is 17.5 Å². The highest BCUT2D eigenvalue weighted by atomic mass is 32.2. The van der Waals surface area contributed by atoms with E-state index in [1.165, 1.54) is 17.3 Å². The molecule has 0 saturated carbocycles. The molecular formula is C14H14N2O2S. The minimum Gasteiger partial charge on any atom is -0.416 e. The topological polar surface area (TPSA) is 59.2 Å². The predicted molar refractivity (Wildman–Crippen MR) is 73.6 cm³/mol. The summed E-state index contributed by atoms with van der Waals surface area (Å²) in [6.45, 7) is 1.88. The molecule has 1 aromatic carbocycles. The van der Waals surface area contributed by atoms with Crippen LogP contribution in [0.15, 0.2) is 33.9 Å². The predicted octanol–water partition coefficient (Wildman–Crippen LogP) is 2.40. The number of aliphatic hydroxyl groups is 1. The van der Waals surface area contributed by atoms with Crippen molar-refractivity contribution in [1.82, 2.24) is 10.2 Å². The van der Waals surface area contributed by atoms with Crippen LogP contribution in [0.1, 0.15) is 23.4 Å². The van der Waals surface area contributed by atoms with E-state index < -0.39 is 0 Å². The third-order valence-electron chi connectivity index (χ3n) is 2.29. The maximum atomic E-state index is 8.64. The van der Waals surface area contributed by atoms with Gasteiger partial charge in [0.2, 0.25) is 5.89 Å². The molecule has 1 N–H and O–H groups in total. The van der Waals surface area contributed by atoms with Crippen LogP contribution in [-0.2, 0) is 5.75 Å². The Labute approximate surface area is 116 Å². The molecule has 2 rings (SSSR count). The van der Waals surface area contributed by atoms with Crippen LogP contribution in [0, 0.1) is 18.8 Å². The molecule has 0 atom stereocenters. The number of aliphatic hydroxyl groups excluding tert-OH is 1. The van der Waals surface area contributed by atoms with Crippen LogP contribution < -0.4 is 0 Å². The van der Waals surface area contributed by atoms with Gasteiger partial charge in [-0.3, -0.25) is 0 Å². The SMILES string of the molecule is Cc1nnc(SCc2ccc(C#CCCO)cc2)o1. The molecule has 0 aliphatic heterocycles. The molecule has 0 radical (unpaired) electrons. The average Bonchev–Trinajstić information content (AvgIpc) is 2.84. The maximum Gasteiger partial charge on any atom is 0.276 e. The number of thioether (sulfide) groups is 1. The van der Waals surface area contributed by atoms with Gasteiger partial charge in [0.1, 0.15) is 0 Å². The first-order chi connectivity index (χ1) is 9.28. The minimum absolute atomic E-state index is 0.103. The summed E-state index contributed by atoms with van der Waals surface area (Å²) in [5.74, 6) is 7.25. The van der Waals surface area contributed by atoms with Crippen LogP contribution in [0.4, 0.5) is 0 Å². The molecule has 1 aromatic heterocycles. The van der Waals surface area contributed by atoms with Gasteiger partial charge in [0.15, 0.2) is 0 Å². The second-order valence-corrected chi connectivity index (χ2v) is 4.77. The summed E-state index contributed by atoms with van der Waals surface area (Å²) in [4.78, 5) is 0. The molecule has 0 amide bonds. The molecule has 4 nitrogen and oxygen atoms in total. The summed E-state index contributed by atoms with van der Waals surface area (Å²) in [5.41, 5.74) is 2.13. The van der Waals surface area contributed by atoms with Gasteiger partial charge in [-0.05, 0) is 17.7 Å². The molecule has 1 heterocycles. The summed E-state index contributed by atoms with van der Waals surface area (Å²) in [6, 6.07) is 8.00. The second kappa shape index (κ2) is 6.98. The molecule has 98 valence electrons. The molecule has 0 aliphatic carbocycles. The van der Waals surface area contributed by atoms with E-state index in [1.54, 1.807) is 6.92 Å². The first-order valence-corrected chi connectivity index (χ1v) is 6.88. The van der Waals surface area contributed by atoms with Crippen molar-refractivity contribution in [2.75, 3.05) is 6.61 Å². The zero-order valence-corrected chi connectivity index (χ0v) is 11.4. The Bertz CT molecular complexity index is 581. The van der Waals surface area contributed by atoms with Gasteiger partial charge in [-0.15, -0.1) is 10.2 Å². The van der Waals surface area contributed by atoms with Crippen molar-refractivity contribution < 1.29 is 9.52 Å². The van der Waals surface area contributed by atoms with E-state index in [0.717, 1.165) is 11.3 Å². The van der Waals surface area contributed by atoms with E-state index in [4.69, 9.17) is 9.52 Å². The third-order valence-corrected chi connectivity index (χ3v) is 3.18. The lowest BCUT2D eigenvalue weighted by Crippen LogP contribution is -1.82. The van der Waals surface area contributed by atoms with Crippen molar-refractivity contribution in [3.8, 4) is 11.8 Å². The van der Waals surface area contributed by atoms with Crippen molar-refractivity contribution in [3.05, 3.63) is 41.3 Å². The Hall–Kier alpha value is -1.77. The van der Waals surface area contributed by atoms with Gasteiger partial charge in [0.25, 0.3) is 5.22 Å².